The maximum Gasteiger partial charge on any atom is 0.129 e. The summed E-state index contributed by atoms with van der Waals surface area (Å²) in [6, 6.07) is 10.4. The summed E-state index contributed by atoms with van der Waals surface area (Å²) in [7, 11) is 0. The van der Waals surface area contributed by atoms with E-state index in [0.29, 0.717) is 17.1 Å². The van der Waals surface area contributed by atoms with Gasteiger partial charge in [0, 0.05) is 26.1 Å². The fourth-order valence-corrected chi connectivity index (χ4v) is 2.38. The van der Waals surface area contributed by atoms with Crippen LogP contribution in [-0.4, -0.2) is 0 Å². The van der Waals surface area contributed by atoms with Crippen LogP contribution in [0.5, 0.6) is 0 Å². The van der Waals surface area contributed by atoms with Crippen molar-refractivity contribution in [1.29, 1.82) is 0 Å². The molecule has 0 aliphatic rings. The molecule has 5 heteroatoms. The summed E-state index contributed by atoms with van der Waals surface area (Å²) in [6.45, 7) is 0.401. The van der Waals surface area contributed by atoms with Gasteiger partial charge in [0.15, 0.2) is 0 Å². The fraction of sp³-hybridized carbons (Fsp3) is 0.0769. The smallest absolute Gasteiger partial charge is 0.129 e. The molecule has 0 aromatic heterocycles. The third kappa shape index (κ3) is 3.46. The molecule has 0 saturated carbocycles. The first-order valence-electron chi connectivity index (χ1n) is 5.19. The summed E-state index contributed by atoms with van der Waals surface area (Å²) in [5, 5.41) is 3.78. The molecule has 0 fully saturated rings. The number of anilines is 1. The molecule has 2 aromatic carbocycles. The van der Waals surface area contributed by atoms with Crippen molar-refractivity contribution < 1.29 is 4.39 Å². The lowest BCUT2D eigenvalue weighted by molar-refractivity contribution is 0.612. The Labute approximate surface area is 127 Å². The van der Waals surface area contributed by atoms with Crippen LogP contribution in [0, 0.1) is 5.82 Å². The van der Waals surface area contributed by atoms with Crippen LogP contribution in [0.1, 0.15) is 5.56 Å². The van der Waals surface area contributed by atoms with E-state index < -0.39 is 0 Å². The van der Waals surface area contributed by atoms with Crippen LogP contribution < -0.4 is 5.32 Å². The quantitative estimate of drug-likeness (QED) is 0.714. The molecule has 0 atom stereocenters. The summed E-state index contributed by atoms with van der Waals surface area (Å²) in [5.41, 5.74) is 1.44. The molecule has 2 rings (SSSR count). The second kappa shape index (κ2) is 6.04. The molecule has 0 radical (unpaired) electrons. The first-order valence-corrected chi connectivity index (χ1v) is 7.15. The number of hydrogen-bond donors (Lipinski definition) is 1. The molecule has 0 spiro atoms. The van der Waals surface area contributed by atoms with Crippen LogP contribution in [0.15, 0.2) is 45.3 Å². The first kappa shape index (κ1) is 13.8. The van der Waals surface area contributed by atoms with Gasteiger partial charge in [-0.2, -0.15) is 0 Å². The molecule has 0 amide bonds. The largest absolute Gasteiger partial charge is 0.380 e. The summed E-state index contributed by atoms with van der Waals surface area (Å²) in [4.78, 5) is 0. The maximum atomic E-state index is 13.6. The predicted molar refractivity (Wildman–Crippen MR) is 80.6 cm³/mol. The van der Waals surface area contributed by atoms with Crippen LogP contribution >= 0.6 is 43.5 Å². The van der Waals surface area contributed by atoms with Crippen LogP contribution in [0.4, 0.5) is 10.1 Å². The molecule has 0 bridgehead atoms. The summed E-state index contributed by atoms with van der Waals surface area (Å²) in [6.07, 6.45) is 0. The SMILES string of the molecule is Fc1cc(Br)ccc1CNc1cc(Cl)ccc1Br. The average molecular weight is 393 g/mol. The van der Waals surface area contributed by atoms with E-state index in [9.17, 15) is 4.39 Å². The van der Waals surface area contributed by atoms with Gasteiger partial charge in [0.25, 0.3) is 0 Å². The van der Waals surface area contributed by atoms with Crippen molar-refractivity contribution in [2.45, 2.75) is 6.54 Å². The highest BCUT2D eigenvalue weighted by Gasteiger charge is 2.05. The zero-order valence-corrected chi connectivity index (χ0v) is 13.1. The van der Waals surface area contributed by atoms with Gasteiger partial charge in [0.05, 0.1) is 5.69 Å². The third-order valence-corrected chi connectivity index (χ3v) is 3.83. The molecular formula is C13H9Br2ClFN. The van der Waals surface area contributed by atoms with Gasteiger partial charge >= 0.3 is 0 Å². The van der Waals surface area contributed by atoms with E-state index in [4.69, 9.17) is 11.6 Å². The van der Waals surface area contributed by atoms with Gasteiger partial charge in [-0.15, -0.1) is 0 Å². The van der Waals surface area contributed by atoms with Gasteiger partial charge in [-0.1, -0.05) is 33.6 Å². The lowest BCUT2D eigenvalue weighted by Gasteiger charge is -2.10. The van der Waals surface area contributed by atoms with Gasteiger partial charge in [0.2, 0.25) is 0 Å². The van der Waals surface area contributed by atoms with Crippen molar-refractivity contribution in [2.24, 2.45) is 0 Å². The van der Waals surface area contributed by atoms with E-state index in [2.05, 4.69) is 37.2 Å². The molecule has 1 N–H and O–H groups in total. The Kier molecular flexibility index (Phi) is 4.65. The number of benzene rings is 2. The predicted octanol–water partition coefficient (Wildman–Crippen LogP) is 5.62. The van der Waals surface area contributed by atoms with Crippen molar-refractivity contribution >= 4 is 49.1 Å². The van der Waals surface area contributed by atoms with Gasteiger partial charge < -0.3 is 5.32 Å². The molecule has 1 nitrogen and oxygen atoms in total. The van der Waals surface area contributed by atoms with Crippen LogP contribution in [0.2, 0.25) is 5.02 Å². The van der Waals surface area contributed by atoms with Crippen LogP contribution in [0.25, 0.3) is 0 Å². The molecular weight excluding hydrogens is 384 g/mol. The summed E-state index contributed by atoms with van der Waals surface area (Å²) >= 11 is 12.5. The molecule has 0 saturated heterocycles. The van der Waals surface area contributed by atoms with E-state index in [1.165, 1.54) is 6.07 Å². The van der Waals surface area contributed by atoms with E-state index in [-0.39, 0.29) is 5.82 Å². The minimum absolute atomic E-state index is 0.241. The first-order chi connectivity index (χ1) is 8.56. The zero-order valence-electron chi connectivity index (χ0n) is 9.18. The number of hydrogen-bond acceptors (Lipinski definition) is 1. The second-order valence-corrected chi connectivity index (χ2v) is 5.92. The van der Waals surface area contributed by atoms with Gasteiger partial charge in [-0.25, -0.2) is 4.39 Å². The molecule has 94 valence electrons. The normalized spacial score (nSPS) is 10.4. The van der Waals surface area contributed by atoms with E-state index in [1.54, 1.807) is 18.2 Å². The van der Waals surface area contributed by atoms with Crippen molar-refractivity contribution in [2.75, 3.05) is 5.32 Å². The summed E-state index contributed by atoms with van der Waals surface area (Å²) in [5.74, 6) is -0.241. The van der Waals surface area contributed by atoms with Crippen molar-refractivity contribution in [3.8, 4) is 0 Å². The Balaban J connectivity index is 2.13. The van der Waals surface area contributed by atoms with Crippen molar-refractivity contribution in [1.82, 2.24) is 0 Å². The second-order valence-electron chi connectivity index (χ2n) is 3.71. The van der Waals surface area contributed by atoms with Gasteiger partial charge in [-0.3, -0.25) is 0 Å². The van der Waals surface area contributed by atoms with E-state index in [0.717, 1.165) is 14.6 Å². The monoisotopic (exact) mass is 391 g/mol. The fourth-order valence-electron chi connectivity index (χ4n) is 1.49. The molecule has 0 unspecified atom stereocenters. The molecule has 18 heavy (non-hydrogen) atoms. The standard InChI is InChI=1S/C13H9Br2ClFN/c14-9-2-1-8(12(17)5-9)7-18-13-6-10(16)3-4-11(13)15/h1-6,18H,7H2. The van der Waals surface area contributed by atoms with E-state index in [1.807, 2.05) is 12.1 Å². The highest BCUT2D eigenvalue weighted by atomic mass is 79.9. The lowest BCUT2D eigenvalue weighted by Crippen LogP contribution is -2.02. The summed E-state index contributed by atoms with van der Waals surface area (Å²) < 4.78 is 15.2. The Morgan fingerprint density at radius 3 is 2.61 bits per heavy atom. The highest BCUT2D eigenvalue weighted by molar-refractivity contribution is 9.10. The minimum atomic E-state index is -0.241. The van der Waals surface area contributed by atoms with Crippen LogP contribution in [0.3, 0.4) is 0 Å². The Morgan fingerprint density at radius 1 is 1.11 bits per heavy atom. The van der Waals surface area contributed by atoms with Crippen molar-refractivity contribution in [3.05, 3.63) is 61.7 Å². The topological polar surface area (TPSA) is 12.0 Å². The molecule has 2 aromatic rings. The maximum absolute atomic E-state index is 13.6. The van der Waals surface area contributed by atoms with Gasteiger partial charge in [-0.05, 0) is 46.3 Å². The van der Waals surface area contributed by atoms with Gasteiger partial charge in [0.1, 0.15) is 5.82 Å². The number of rotatable bonds is 3. The Morgan fingerprint density at radius 2 is 1.89 bits per heavy atom. The highest BCUT2D eigenvalue weighted by Crippen LogP contribution is 2.26. The third-order valence-electron chi connectivity index (χ3n) is 2.41. The molecule has 0 aliphatic carbocycles. The molecule has 0 heterocycles. The van der Waals surface area contributed by atoms with Crippen LogP contribution in [-0.2, 0) is 6.54 Å². The number of halogens is 4. The Bertz CT molecular complexity index is 575. The minimum Gasteiger partial charge on any atom is -0.380 e. The zero-order chi connectivity index (χ0) is 13.1. The molecule has 0 aliphatic heterocycles. The lowest BCUT2D eigenvalue weighted by atomic mass is 10.2. The van der Waals surface area contributed by atoms with Crippen molar-refractivity contribution in [3.63, 3.8) is 0 Å². The Hall–Kier alpha value is -0.580. The number of nitrogens with one attached hydrogen (secondary N) is 1. The average Bonchev–Trinajstić information content (AvgIpc) is 2.32. The van der Waals surface area contributed by atoms with E-state index >= 15 is 0 Å².